The first-order valence-corrected chi connectivity index (χ1v) is 7.63. The molecule has 1 aromatic heterocycles. The topological polar surface area (TPSA) is 69.6 Å². The van der Waals surface area contributed by atoms with E-state index in [-0.39, 0.29) is 24.6 Å². The lowest BCUT2D eigenvalue weighted by Gasteiger charge is -2.10. The van der Waals surface area contributed by atoms with Crippen molar-refractivity contribution in [2.45, 2.75) is 19.4 Å². The fraction of sp³-hybridized carbons (Fsp3) is 0.267. The van der Waals surface area contributed by atoms with Crippen molar-refractivity contribution >= 4 is 28.8 Å². The van der Waals surface area contributed by atoms with Gasteiger partial charge in [-0.25, -0.2) is 0 Å². The van der Waals surface area contributed by atoms with Gasteiger partial charge in [-0.2, -0.15) is 0 Å². The van der Waals surface area contributed by atoms with Gasteiger partial charge in [-0.15, -0.1) is 11.3 Å². The SMILES string of the molecule is Cc1ccc(CC(=O)NC[C@H](O)c2ccc(Cl)s2)cc1O. The van der Waals surface area contributed by atoms with Crippen molar-refractivity contribution in [2.24, 2.45) is 0 Å². The van der Waals surface area contributed by atoms with E-state index in [4.69, 9.17) is 11.6 Å². The number of aliphatic hydroxyl groups excluding tert-OH is 1. The first-order valence-electron chi connectivity index (χ1n) is 6.44. The number of aryl methyl sites for hydroxylation is 1. The van der Waals surface area contributed by atoms with Crippen molar-refractivity contribution in [3.8, 4) is 5.75 Å². The fourth-order valence-electron chi connectivity index (χ4n) is 1.83. The summed E-state index contributed by atoms with van der Waals surface area (Å²) in [6.07, 6.45) is -0.607. The molecule has 0 aliphatic carbocycles. The van der Waals surface area contributed by atoms with Crippen LogP contribution in [0.15, 0.2) is 30.3 Å². The van der Waals surface area contributed by atoms with Crippen molar-refractivity contribution in [3.63, 3.8) is 0 Å². The number of aromatic hydroxyl groups is 1. The van der Waals surface area contributed by atoms with E-state index < -0.39 is 6.10 Å². The number of rotatable bonds is 5. The minimum Gasteiger partial charge on any atom is -0.508 e. The molecule has 0 spiro atoms. The van der Waals surface area contributed by atoms with E-state index in [0.29, 0.717) is 9.21 Å². The number of hydrogen-bond acceptors (Lipinski definition) is 4. The van der Waals surface area contributed by atoms with Gasteiger partial charge in [0.05, 0.1) is 10.8 Å². The normalized spacial score (nSPS) is 12.1. The number of phenols is 1. The highest BCUT2D eigenvalue weighted by molar-refractivity contribution is 7.16. The average Bonchev–Trinajstić information content (AvgIpc) is 2.87. The van der Waals surface area contributed by atoms with Crippen LogP contribution >= 0.6 is 22.9 Å². The molecule has 0 radical (unpaired) electrons. The summed E-state index contributed by atoms with van der Waals surface area (Å²) in [6.45, 7) is 1.93. The Kier molecular flexibility index (Phi) is 5.22. The minimum absolute atomic E-state index is 0.132. The zero-order valence-electron chi connectivity index (χ0n) is 11.5. The average molecular weight is 326 g/mol. The van der Waals surface area contributed by atoms with Gasteiger partial charge in [-0.05, 0) is 36.2 Å². The first kappa shape index (κ1) is 15.8. The number of carbonyl (C=O) groups is 1. The van der Waals surface area contributed by atoms with Crippen LogP contribution in [-0.2, 0) is 11.2 Å². The van der Waals surface area contributed by atoms with Crippen molar-refractivity contribution in [3.05, 3.63) is 50.7 Å². The molecule has 0 unspecified atom stereocenters. The van der Waals surface area contributed by atoms with E-state index >= 15 is 0 Å². The Morgan fingerprint density at radius 2 is 2.14 bits per heavy atom. The van der Waals surface area contributed by atoms with Crippen LogP contribution in [0.4, 0.5) is 0 Å². The molecule has 4 nitrogen and oxygen atoms in total. The third-order valence-electron chi connectivity index (χ3n) is 3.05. The van der Waals surface area contributed by atoms with Crippen molar-refractivity contribution in [1.82, 2.24) is 5.32 Å². The molecule has 1 atom stereocenters. The predicted octanol–water partition coefficient (Wildman–Crippen LogP) is 2.81. The number of phenolic OH excluding ortho intramolecular Hbond substituents is 1. The lowest BCUT2D eigenvalue weighted by Crippen LogP contribution is -2.29. The second-order valence-electron chi connectivity index (χ2n) is 4.76. The number of benzene rings is 1. The molecule has 21 heavy (non-hydrogen) atoms. The molecule has 6 heteroatoms. The van der Waals surface area contributed by atoms with Crippen LogP contribution in [-0.4, -0.2) is 22.7 Å². The van der Waals surface area contributed by atoms with E-state index in [0.717, 1.165) is 11.1 Å². The number of thiophene rings is 1. The summed E-state index contributed by atoms with van der Waals surface area (Å²) in [5, 5.41) is 22.2. The molecule has 1 heterocycles. The van der Waals surface area contributed by atoms with Crippen LogP contribution in [0.25, 0.3) is 0 Å². The standard InChI is InChI=1S/C15H16ClNO3S/c1-9-2-3-10(6-11(9)18)7-15(20)17-8-12(19)13-4-5-14(16)21-13/h2-6,12,18-19H,7-8H2,1H3,(H,17,20)/t12-/m0/s1. The molecule has 1 aromatic carbocycles. The van der Waals surface area contributed by atoms with Crippen molar-refractivity contribution in [1.29, 1.82) is 0 Å². The zero-order chi connectivity index (χ0) is 15.4. The summed E-state index contributed by atoms with van der Waals surface area (Å²) in [7, 11) is 0. The summed E-state index contributed by atoms with van der Waals surface area (Å²) in [6, 6.07) is 8.58. The van der Waals surface area contributed by atoms with Gasteiger partial charge in [-0.3, -0.25) is 4.79 Å². The maximum Gasteiger partial charge on any atom is 0.224 e. The third kappa shape index (κ3) is 4.46. The van der Waals surface area contributed by atoms with Gasteiger partial charge >= 0.3 is 0 Å². The number of amides is 1. The molecule has 1 amide bonds. The van der Waals surface area contributed by atoms with E-state index in [2.05, 4.69) is 5.32 Å². The van der Waals surface area contributed by atoms with Gasteiger partial charge in [0.1, 0.15) is 11.9 Å². The highest BCUT2D eigenvalue weighted by Gasteiger charge is 2.12. The summed E-state index contributed by atoms with van der Waals surface area (Å²) < 4.78 is 0.602. The summed E-state index contributed by atoms with van der Waals surface area (Å²) >= 11 is 7.08. The third-order valence-corrected chi connectivity index (χ3v) is 4.39. The zero-order valence-corrected chi connectivity index (χ0v) is 13.0. The summed E-state index contributed by atoms with van der Waals surface area (Å²) in [4.78, 5) is 12.5. The molecule has 3 N–H and O–H groups in total. The Hall–Kier alpha value is -1.56. The molecule has 2 aromatic rings. The Morgan fingerprint density at radius 3 is 2.76 bits per heavy atom. The maximum atomic E-state index is 11.8. The molecule has 0 saturated carbocycles. The molecule has 0 aliphatic rings. The highest BCUT2D eigenvalue weighted by atomic mass is 35.5. The van der Waals surface area contributed by atoms with Gasteiger partial charge in [0.15, 0.2) is 0 Å². The quantitative estimate of drug-likeness (QED) is 0.791. The lowest BCUT2D eigenvalue weighted by atomic mass is 10.1. The molecule has 112 valence electrons. The molecule has 0 aliphatic heterocycles. The Labute approximate surface area is 132 Å². The van der Waals surface area contributed by atoms with E-state index in [9.17, 15) is 15.0 Å². The number of aliphatic hydroxyl groups is 1. The number of carbonyl (C=O) groups excluding carboxylic acids is 1. The van der Waals surface area contributed by atoms with E-state index in [1.54, 1.807) is 37.3 Å². The van der Waals surface area contributed by atoms with Crippen LogP contribution in [0.2, 0.25) is 4.34 Å². The van der Waals surface area contributed by atoms with Crippen molar-refractivity contribution < 1.29 is 15.0 Å². The fourth-order valence-corrected chi connectivity index (χ4v) is 2.88. The first-order chi connectivity index (χ1) is 9.95. The van der Waals surface area contributed by atoms with Crippen molar-refractivity contribution in [2.75, 3.05) is 6.54 Å². The van der Waals surface area contributed by atoms with Gasteiger partial charge in [0.25, 0.3) is 0 Å². The number of nitrogens with one attached hydrogen (secondary N) is 1. The Balaban J connectivity index is 1.85. The van der Waals surface area contributed by atoms with E-state index in [1.165, 1.54) is 11.3 Å². The van der Waals surface area contributed by atoms with Crippen LogP contribution in [0.5, 0.6) is 5.75 Å². The molecular formula is C15H16ClNO3S. The molecule has 2 rings (SSSR count). The lowest BCUT2D eigenvalue weighted by molar-refractivity contribution is -0.120. The van der Waals surface area contributed by atoms with Gasteiger partial charge < -0.3 is 15.5 Å². The van der Waals surface area contributed by atoms with Gasteiger partial charge in [0, 0.05) is 11.4 Å². The second kappa shape index (κ2) is 6.93. The van der Waals surface area contributed by atoms with Crippen LogP contribution < -0.4 is 5.32 Å². The Morgan fingerprint density at radius 1 is 1.38 bits per heavy atom. The van der Waals surface area contributed by atoms with Crippen LogP contribution in [0.1, 0.15) is 22.1 Å². The van der Waals surface area contributed by atoms with Crippen LogP contribution in [0.3, 0.4) is 0 Å². The highest BCUT2D eigenvalue weighted by Crippen LogP contribution is 2.26. The predicted molar refractivity (Wildman–Crippen MR) is 83.8 cm³/mol. The van der Waals surface area contributed by atoms with Gasteiger partial charge in [0.2, 0.25) is 5.91 Å². The summed E-state index contributed by atoms with van der Waals surface area (Å²) in [5.74, 6) is -0.0338. The van der Waals surface area contributed by atoms with Crippen LogP contribution in [0, 0.1) is 6.92 Å². The summed E-state index contributed by atoms with van der Waals surface area (Å²) in [5.41, 5.74) is 1.49. The minimum atomic E-state index is -0.766. The molecule has 0 bridgehead atoms. The maximum absolute atomic E-state index is 11.8. The number of hydrogen-bond donors (Lipinski definition) is 3. The molecule has 0 fully saturated rings. The molecular weight excluding hydrogens is 310 g/mol. The monoisotopic (exact) mass is 325 g/mol. The smallest absolute Gasteiger partial charge is 0.224 e. The molecule has 0 saturated heterocycles. The van der Waals surface area contributed by atoms with E-state index in [1.807, 2.05) is 0 Å². The largest absolute Gasteiger partial charge is 0.508 e. The number of halogens is 1. The Bertz CT molecular complexity index is 642. The second-order valence-corrected chi connectivity index (χ2v) is 6.51. The van der Waals surface area contributed by atoms with Gasteiger partial charge in [-0.1, -0.05) is 23.7 Å².